The number of imidazole rings is 1. The molecule has 1 aliphatic heterocycles. The minimum atomic E-state index is -0.841. The highest BCUT2D eigenvalue weighted by atomic mass is 35.5. The number of hydrogen-bond donors (Lipinski definition) is 2. The summed E-state index contributed by atoms with van der Waals surface area (Å²) < 4.78 is 14.0. The van der Waals surface area contributed by atoms with Crippen molar-refractivity contribution in [1.82, 2.24) is 24.9 Å². The molecule has 0 saturated carbocycles. The molecule has 3 aromatic heterocycles. The molecule has 2 N–H and O–H groups in total. The predicted octanol–water partition coefficient (Wildman–Crippen LogP) is 4.28. The Morgan fingerprint density at radius 1 is 1.31 bits per heavy atom. The lowest BCUT2D eigenvalue weighted by Gasteiger charge is -2.27. The molecule has 9 heteroatoms. The zero-order valence-electron chi connectivity index (χ0n) is 15.7. The van der Waals surface area contributed by atoms with Gasteiger partial charge in [0.25, 0.3) is 0 Å². The summed E-state index contributed by atoms with van der Waals surface area (Å²) in [6, 6.07) is 5.58. The third-order valence-electron chi connectivity index (χ3n) is 5.33. The smallest absolute Gasteiger partial charge is 0.182 e. The minimum absolute atomic E-state index is 0.158. The molecular formula is C20H19ClFN7. The normalized spacial score (nSPS) is 17.9. The molecule has 1 fully saturated rings. The predicted molar refractivity (Wildman–Crippen MR) is 112 cm³/mol. The average Bonchev–Trinajstić information content (AvgIpc) is 3.37. The van der Waals surface area contributed by atoms with Gasteiger partial charge in [-0.1, -0.05) is 11.6 Å². The van der Waals surface area contributed by atoms with Crippen LogP contribution >= 0.6 is 11.6 Å². The Bertz CT molecular complexity index is 1190. The summed E-state index contributed by atoms with van der Waals surface area (Å²) in [5, 5.41) is 4.90. The van der Waals surface area contributed by atoms with Crippen molar-refractivity contribution in [1.29, 1.82) is 0 Å². The molecule has 0 spiro atoms. The van der Waals surface area contributed by atoms with E-state index in [9.17, 15) is 4.39 Å². The van der Waals surface area contributed by atoms with E-state index in [4.69, 9.17) is 11.6 Å². The van der Waals surface area contributed by atoms with Crippen LogP contribution in [0.1, 0.15) is 24.9 Å². The van der Waals surface area contributed by atoms with Crippen LogP contribution in [0.15, 0.2) is 37.1 Å². The summed E-state index contributed by atoms with van der Waals surface area (Å²) in [6.45, 7) is 3.02. The van der Waals surface area contributed by atoms with Crippen LogP contribution in [0.2, 0.25) is 5.02 Å². The van der Waals surface area contributed by atoms with Gasteiger partial charge in [-0.2, -0.15) is 0 Å². The summed E-state index contributed by atoms with van der Waals surface area (Å²) in [5.41, 5.74) is 3.97. The highest BCUT2D eigenvalue weighted by Gasteiger charge is 2.28. The largest absolute Gasteiger partial charge is 0.366 e. The lowest BCUT2D eigenvalue weighted by molar-refractivity contribution is 0.364. The van der Waals surface area contributed by atoms with Crippen LogP contribution in [0.4, 0.5) is 15.9 Å². The lowest BCUT2D eigenvalue weighted by atomic mass is 10.0. The van der Waals surface area contributed by atoms with Gasteiger partial charge in [0, 0.05) is 30.2 Å². The lowest BCUT2D eigenvalue weighted by Crippen LogP contribution is -2.24. The third kappa shape index (κ3) is 3.13. The Balaban J connectivity index is 1.62. The number of nitrogens with one attached hydrogen (secondary N) is 2. The number of anilines is 2. The molecule has 0 radical (unpaired) electrons. The van der Waals surface area contributed by atoms with Gasteiger partial charge in [-0.3, -0.25) is 4.98 Å². The van der Waals surface area contributed by atoms with Gasteiger partial charge < -0.3 is 15.2 Å². The second-order valence-corrected chi connectivity index (χ2v) is 7.62. The fraction of sp³-hybridized carbons (Fsp3) is 0.300. The molecule has 7 nitrogen and oxygen atoms in total. The van der Waals surface area contributed by atoms with Crippen LogP contribution in [0, 0.1) is 0 Å². The number of benzene rings is 1. The van der Waals surface area contributed by atoms with Crippen LogP contribution in [-0.4, -0.2) is 44.2 Å². The van der Waals surface area contributed by atoms with Crippen LogP contribution < -0.4 is 10.2 Å². The molecule has 29 heavy (non-hydrogen) atoms. The first-order chi connectivity index (χ1) is 14.1. The zero-order chi connectivity index (χ0) is 20.0. The number of H-pyrrole nitrogens is 1. The summed E-state index contributed by atoms with van der Waals surface area (Å²) in [4.78, 5) is 22.4. The standard InChI is InChI=1S/C20H19ClFN7/c1-11(28-20-17-19(25-9-24-17)26-10-27-20)14-7-15(21)13-3-2-5-23-16(13)18(14)29-6-4-12(22)8-29/h2-3,5,7,9-12H,4,6,8H2,1H3,(H2,24,25,26,27,28). The maximum Gasteiger partial charge on any atom is 0.182 e. The summed E-state index contributed by atoms with van der Waals surface area (Å²) in [5.74, 6) is 0.646. The van der Waals surface area contributed by atoms with Crippen LogP contribution in [0.5, 0.6) is 0 Å². The van der Waals surface area contributed by atoms with Crippen molar-refractivity contribution in [2.45, 2.75) is 25.6 Å². The number of rotatable bonds is 4. The summed E-state index contributed by atoms with van der Waals surface area (Å²) >= 11 is 6.59. The van der Waals surface area contributed by atoms with Crippen LogP contribution in [0.25, 0.3) is 22.1 Å². The monoisotopic (exact) mass is 411 g/mol. The fourth-order valence-corrected chi connectivity index (χ4v) is 4.22. The molecule has 1 aliphatic rings. The van der Waals surface area contributed by atoms with Crippen molar-refractivity contribution in [2.24, 2.45) is 0 Å². The fourth-order valence-electron chi connectivity index (χ4n) is 3.95. The van der Waals surface area contributed by atoms with Gasteiger partial charge in [-0.25, -0.2) is 19.3 Å². The van der Waals surface area contributed by atoms with E-state index in [0.717, 1.165) is 27.7 Å². The summed E-state index contributed by atoms with van der Waals surface area (Å²) in [7, 11) is 0. The molecule has 2 unspecified atom stereocenters. The van der Waals surface area contributed by atoms with Crippen molar-refractivity contribution in [3.63, 3.8) is 0 Å². The molecule has 1 aromatic carbocycles. The van der Waals surface area contributed by atoms with Crippen molar-refractivity contribution in [2.75, 3.05) is 23.3 Å². The number of aromatic amines is 1. The Morgan fingerprint density at radius 3 is 3.03 bits per heavy atom. The van der Waals surface area contributed by atoms with Crippen molar-refractivity contribution >= 4 is 45.2 Å². The zero-order valence-corrected chi connectivity index (χ0v) is 16.5. The highest BCUT2D eigenvalue weighted by molar-refractivity contribution is 6.36. The van der Waals surface area contributed by atoms with E-state index >= 15 is 0 Å². The van der Waals surface area contributed by atoms with Gasteiger partial charge in [-0.05, 0) is 31.5 Å². The topological polar surface area (TPSA) is 82.6 Å². The van der Waals surface area contributed by atoms with Gasteiger partial charge in [-0.15, -0.1) is 0 Å². The third-order valence-corrected chi connectivity index (χ3v) is 5.65. The van der Waals surface area contributed by atoms with E-state index in [1.807, 2.05) is 25.1 Å². The number of halogens is 2. The first-order valence-electron chi connectivity index (χ1n) is 9.48. The maximum atomic E-state index is 14.0. The van der Waals surface area contributed by atoms with E-state index in [0.29, 0.717) is 36.0 Å². The molecule has 5 rings (SSSR count). The first-order valence-corrected chi connectivity index (χ1v) is 9.86. The quantitative estimate of drug-likeness (QED) is 0.521. The van der Waals surface area contributed by atoms with Gasteiger partial charge in [0.1, 0.15) is 18.0 Å². The Hall–Kier alpha value is -3.00. The molecule has 0 amide bonds. The van der Waals surface area contributed by atoms with Gasteiger partial charge in [0.05, 0.1) is 28.6 Å². The van der Waals surface area contributed by atoms with Crippen LogP contribution in [-0.2, 0) is 0 Å². The average molecular weight is 412 g/mol. The van der Waals surface area contributed by atoms with Gasteiger partial charge in [0.15, 0.2) is 11.5 Å². The molecule has 0 bridgehead atoms. The first kappa shape index (κ1) is 18.1. The number of alkyl halides is 1. The molecule has 148 valence electrons. The maximum absolute atomic E-state index is 14.0. The molecule has 0 aliphatic carbocycles. The number of pyridine rings is 1. The molecule has 2 atom stereocenters. The van der Waals surface area contributed by atoms with Crippen molar-refractivity contribution in [3.8, 4) is 0 Å². The number of fused-ring (bicyclic) bond motifs is 2. The second kappa shape index (κ2) is 7.11. The van der Waals surface area contributed by atoms with E-state index in [1.165, 1.54) is 6.33 Å². The minimum Gasteiger partial charge on any atom is -0.366 e. The molecule has 4 heterocycles. The van der Waals surface area contributed by atoms with Gasteiger partial charge >= 0.3 is 0 Å². The van der Waals surface area contributed by atoms with E-state index in [2.05, 4.69) is 35.1 Å². The Labute approximate surface area is 171 Å². The van der Waals surface area contributed by atoms with Crippen LogP contribution in [0.3, 0.4) is 0 Å². The van der Waals surface area contributed by atoms with Crippen molar-refractivity contribution in [3.05, 3.63) is 47.6 Å². The van der Waals surface area contributed by atoms with E-state index in [1.54, 1.807) is 12.5 Å². The number of nitrogens with zero attached hydrogens (tertiary/aromatic N) is 5. The second-order valence-electron chi connectivity index (χ2n) is 7.22. The Kier molecular flexibility index (Phi) is 4.43. The highest BCUT2D eigenvalue weighted by Crippen LogP contribution is 2.40. The number of hydrogen-bond acceptors (Lipinski definition) is 6. The summed E-state index contributed by atoms with van der Waals surface area (Å²) in [6.07, 6.45) is 4.47. The number of aromatic nitrogens is 5. The SMILES string of the molecule is CC(Nc1ncnc2nc[nH]c12)c1cc(Cl)c2cccnc2c1N1CCC(F)C1. The Morgan fingerprint density at radius 2 is 2.21 bits per heavy atom. The van der Waals surface area contributed by atoms with E-state index in [-0.39, 0.29) is 6.04 Å². The van der Waals surface area contributed by atoms with Gasteiger partial charge in [0.2, 0.25) is 0 Å². The molecular weight excluding hydrogens is 393 g/mol. The van der Waals surface area contributed by atoms with E-state index < -0.39 is 6.17 Å². The molecule has 4 aromatic rings. The molecule has 1 saturated heterocycles. The van der Waals surface area contributed by atoms with Crippen molar-refractivity contribution < 1.29 is 4.39 Å².